The molecule has 0 bridgehead atoms. The van der Waals surface area contributed by atoms with Gasteiger partial charge in [0.1, 0.15) is 5.52 Å². The van der Waals surface area contributed by atoms with E-state index in [-0.39, 0.29) is 0 Å². The molecule has 0 aliphatic carbocycles. The SMILES string of the molecule is CC(C)c1ccc2oc(N3CCCC3c3ccccc3)nc2c1. The van der Waals surface area contributed by atoms with Crippen LogP contribution >= 0.6 is 0 Å². The van der Waals surface area contributed by atoms with Gasteiger partial charge in [0.2, 0.25) is 0 Å². The van der Waals surface area contributed by atoms with Gasteiger partial charge in [0.25, 0.3) is 6.01 Å². The van der Waals surface area contributed by atoms with E-state index in [1.807, 2.05) is 0 Å². The zero-order chi connectivity index (χ0) is 15.8. The van der Waals surface area contributed by atoms with Crippen molar-refractivity contribution < 1.29 is 4.42 Å². The van der Waals surface area contributed by atoms with Crippen molar-refractivity contribution in [1.82, 2.24) is 4.98 Å². The zero-order valence-electron chi connectivity index (χ0n) is 13.7. The molecule has 1 saturated heterocycles. The Morgan fingerprint density at radius 3 is 2.74 bits per heavy atom. The van der Waals surface area contributed by atoms with Gasteiger partial charge in [0.05, 0.1) is 6.04 Å². The number of hydrogen-bond donors (Lipinski definition) is 0. The highest BCUT2D eigenvalue weighted by molar-refractivity contribution is 5.75. The van der Waals surface area contributed by atoms with Crippen LogP contribution in [0.2, 0.25) is 0 Å². The van der Waals surface area contributed by atoms with Crippen LogP contribution < -0.4 is 4.90 Å². The minimum absolute atomic E-state index is 0.369. The van der Waals surface area contributed by atoms with E-state index in [1.54, 1.807) is 0 Å². The van der Waals surface area contributed by atoms with E-state index >= 15 is 0 Å². The Balaban J connectivity index is 1.70. The van der Waals surface area contributed by atoms with Gasteiger partial charge in [-0.2, -0.15) is 4.98 Å². The Morgan fingerprint density at radius 1 is 1.13 bits per heavy atom. The molecule has 1 unspecified atom stereocenters. The lowest BCUT2D eigenvalue weighted by atomic mass is 10.0. The fourth-order valence-electron chi connectivity index (χ4n) is 3.43. The summed E-state index contributed by atoms with van der Waals surface area (Å²) in [6.07, 6.45) is 2.33. The molecule has 3 nitrogen and oxygen atoms in total. The molecule has 4 rings (SSSR count). The third-order valence-corrected chi connectivity index (χ3v) is 4.75. The summed E-state index contributed by atoms with van der Waals surface area (Å²) in [5.74, 6) is 0.503. The second-order valence-electron chi connectivity index (χ2n) is 6.64. The van der Waals surface area contributed by atoms with Gasteiger partial charge >= 0.3 is 0 Å². The van der Waals surface area contributed by atoms with E-state index in [4.69, 9.17) is 9.40 Å². The second-order valence-corrected chi connectivity index (χ2v) is 6.64. The number of aromatic nitrogens is 1. The zero-order valence-corrected chi connectivity index (χ0v) is 13.7. The summed E-state index contributed by atoms with van der Waals surface area (Å²) >= 11 is 0. The van der Waals surface area contributed by atoms with E-state index in [0.29, 0.717) is 12.0 Å². The fraction of sp³-hybridized carbons (Fsp3) is 0.350. The van der Waals surface area contributed by atoms with Crippen molar-refractivity contribution in [3.63, 3.8) is 0 Å². The minimum Gasteiger partial charge on any atom is -0.423 e. The molecule has 0 N–H and O–H groups in total. The van der Waals surface area contributed by atoms with Crippen LogP contribution in [0.15, 0.2) is 52.9 Å². The lowest BCUT2D eigenvalue weighted by Gasteiger charge is -2.23. The Hall–Kier alpha value is -2.29. The van der Waals surface area contributed by atoms with Crippen LogP contribution in [-0.4, -0.2) is 11.5 Å². The van der Waals surface area contributed by atoms with Crippen LogP contribution in [0.25, 0.3) is 11.1 Å². The molecule has 2 aromatic carbocycles. The molecule has 118 valence electrons. The average molecular weight is 306 g/mol. The summed E-state index contributed by atoms with van der Waals surface area (Å²) in [5, 5.41) is 0. The normalized spacial score (nSPS) is 18.2. The third kappa shape index (κ3) is 2.61. The number of anilines is 1. The average Bonchev–Trinajstić information content (AvgIpc) is 3.21. The molecule has 0 saturated carbocycles. The van der Waals surface area contributed by atoms with Gasteiger partial charge in [-0.1, -0.05) is 50.2 Å². The fourth-order valence-corrected chi connectivity index (χ4v) is 3.43. The van der Waals surface area contributed by atoms with Gasteiger partial charge in [0, 0.05) is 6.54 Å². The first-order valence-corrected chi connectivity index (χ1v) is 8.44. The van der Waals surface area contributed by atoms with Crippen molar-refractivity contribution in [2.45, 2.75) is 38.6 Å². The Morgan fingerprint density at radius 2 is 1.96 bits per heavy atom. The monoisotopic (exact) mass is 306 g/mol. The van der Waals surface area contributed by atoms with Crippen LogP contribution in [0, 0.1) is 0 Å². The highest BCUT2D eigenvalue weighted by atomic mass is 16.4. The lowest BCUT2D eigenvalue weighted by Crippen LogP contribution is -2.22. The first kappa shape index (κ1) is 14.3. The van der Waals surface area contributed by atoms with Gasteiger partial charge in [-0.25, -0.2) is 0 Å². The summed E-state index contributed by atoms with van der Waals surface area (Å²) < 4.78 is 6.05. The maximum absolute atomic E-state index is 6.05. The molecule has 3 aromatic rings. The predicted molar refractivity (Wildman–Crippen MR) is 93.9 cm³/mol. The molecule has 0 radical (unpaired) electrons. The smallest absolute Gasteiger partial charge is 0.298 e. The molecule has 0 amide bonds. The molecule has 1 aliphatic rings. The Bertz CT molecular complexity index is 807. The lowest BCUT2D eigenvalue weighted by molar-refractivity contribution is 0.557. The number of oxazole rings is 1. The summed E-state index contributed by atoms with van der Waals surface area (Å²) in [6.45, 7) is 5.41. The first-order valence-electron chi connectivity index (χ1n) is 8.44. The van der Waals surface area contributed by atoms with Crippen LogP contribution in [-0.2, 0) is 0 Å². The van der Waals surface area contributed by atoms with Crippen molar-refractivity contribution >= 4 is 17.1 Å². The van der Waals surface area contributed by atoms with E-state index in [2.05, 4.69) is 67.3 Å². The summed E-state index contributed by atoms with van der Waals surface area (Å²) in [6, 6.07) is 18.1. The highest BCUT2D eigenvalue weighted by Gasteiger charge is 2.29. The molecule has 1 aliphatic heterocycles. The van der Waals surface area contributed by atoms with Crippen molar-refractivity contribution in [1.29, 1.82) is 0 Å². The van der Waals surface area contributed by atoms with Crippen LogP contribution in [0.5, 0.6) is 0 Å². The minimum atomic E-state index is 0.369. The summed E-state index contributed by atoms with van der Waals surface area (Å²) in [4.78, 5) is 7.08. The van der Waals surface area contributed by atoms with Gasteiger partial charge in [-0.3, -0.25) is 0 Å². The van der Waals surface area contributed by atoms with Crippen molar-refractivity contribution in [2.75, 3.05) is 11.4 Å². The summed E-state index contributed by atoms with van der Waals surface area (Å²) in [7, 11) is 0. The molecular formula is C20H22N2O. The van der Waals surface area contributed by atoms with Gasteiger partial charge in [0.15, 0.2) is 5.58 Å². The van der Waals surface area contributed by atoms with Crippen LogP contribution in [0.4, 0.5) is 6.01 Å². The molecule has 3 heteroatoms. The predicted octanol–water partition coefficient (Wildman–Crippen LogP) is 5.29. The molecule has 1 aromatic heterocycles. The van der Waals surface area contributed by atoms with E-state index < -0.39 is 0 Å². The van der Waals surface area contributed by atoms with Gasteiger partial charge < -0.3 is 9.32 Å². The molecule has 1 atom stereocenters. The van der Waals surface area contributed by atoms with Crippen LogP contribution in [0.3, 0.4) is 0 Å². The van der Waals surface area contributed by atoms with Gasteiger partial charge in [-0.05, 0) is 42.0 Å². The van der Waals surface area contributed by atoms with Gasteiger partial charge in [-0.15, -0.1) is 0 Å². The maximum atomic E-state index is 6.05. The largest absolute Gasteiger partial charge is 0.423 e. The molecule has 23 heavy (non-hydrogen) atoms. The van der Waals surface area contributed by atoms with E-state index in [9.17, 15) is 0 Å². The number of fused-ring (bicyclic) bond motifs is 1. The number of rotatable bonds is 3. The Kier molecular flexibility index (Phi) is 3.56. The topological polar surface area (TPSA) is 29.3 Å². The quantitative estimate of drug-likeness (QED) is 0.658. The summed E-state index contributed by atoms with van der Waals surface area (Å²) in [5.41, 5.74) is 4.49. The third-order valence-electron chi connectivity index (χ3n) is 4.75. The number of hydrogen-bond acceptors (Lipinski definition) is 3. The molecule has 0 spiro atoms. The Labute approximate surface area is 136 Å². The molecule has 1 fully saturated rings. The van der Waals surface area contributed by atoms with Crippen molar-refractivity contribution in [3.8, 4) is 0 Å². The van der Waals surface area contributed by atoms with E-state index in [0.717, 1.165) is 30.1 Å². The van der Waals surface area contributed by atoms with Crippen LogP contribution in [0.1, 0.15) is 49.8 Å². The number of benzene rings is 2. The van der Waals surface area contributed by atoms with E-state index in [1.165, 1.54) is 17.5 Å². The molecule has 2 heterocycles. The molecular weight excluding hydrogens is 284 g/mol. The maximum Gasteiger partial charge on any atom is 0.298 e. The first-order chi connectivity index (χ1) is 11.2. The highest BCUT2D eigenvalue weighted by Crippen LogP contribution is 2.37. The standard InChI is InChI=1S/C20H22N2O/c1-14(2)16-10-11-19-17(13-16)21-20(23-19)22-12-6-9-18(22)15-7-4-3-5-8-15/h3-5,7-8,10-11,13-14,18H,6,9,12H2,1-2H3. The second kappa shape index (κ2) is 5.73. The van der Waals surface area contributed by atoms with Crippen molar-refractivity contribution in [2.24, 2.45) is 0 Å². The van der Waals surface area contributed by atoms with Crippen molar-refractivity contribution in [3.05, 3.63) is 59.7 Å². The number of nitrogens with zero attached hydrogens (tertiary/aromatic N) is 2.